The quantitative estimate of drug-likeness (QED) is 0.704. The Balaban J connectivity index is 1.68. The summed E-state index contributed by atoms with van der Waals surface area (Å²) in [6, 6.07) is 7.73. The number of nitrogens with one attached hydrogen (secondary N) is 2. The van der Waals surface area contributed by atoms with Crippen molar-refractivity contribution in [1.82, 2.24) is 5.32 Å². The largest absolute Gasteiger partial charge is 0.365 e. The molecule has 0 saturated carbocycles. The van der Waals surface area contributed by atoms with E-state index in [9.17, 15) is 9.59 Å². The number of anilines is 1. The fraction of sp³-hybridized carbons (Fsp3) is 0.316. The average molecular weight is 388 g/mol. The lowest BCUT2D eigenvalue weighted by molar-refractivity contribution is -0.119. The maximum Gasteiger partial charge on any atom is 0.251 e. The van der Waals surface area contributed by atoms with E-state index in [1.165, 1.54) is 16.2 Å². The highest BCUT2D eigenvalue weighted by Crippen LogP contribution is 2.37. The van der Waals surface area contributed by atoms with Gasteiger partial charge in [0.15, 0.2) is 5.11 Å². The van der Waals surface area contributed by atoms with E-state index in [0.717, 1.165) is 42.4 Å². The van der Waals surface area contributed by atoms with E-state index in [4.69, 9.17) is 18.0 Å². The predicted molar refractivity (Wildman–Crippen MR) is 109 cm³/mol. The van der Waals surface area contributed by atoms with Gasteiger partial charge in [0.05, 0.1) is 12.0 Å². The lowest BCUT2D eigenvalue weighted by atomic mass is 9.95. The van der Waals surface area contributed by atoms with E-state index in [1.54, 1.807) is 0 Å². The van der Waals surface area contributed by atoms with E-state index >= 15 is 0 Å². The molecule has 136 valence electrons. The highest BCUT2D eigenvalue weighted by atomic mass is 32.1. The van der Waals surface area contributed by atoms with Crippen LogP contribution in [-0.4, -0.2) is 16.9 Å². The van der Waals surface area contributed by atoms with Crippen LogP contribution >= 0.6 is 23.6 Å². The second-order valence-electron chi connectivity index (χ2n) is 6.38. The summed E-state index contributed by atoms with van der Waals surface area (Å²) < 4.78 is 0. The van der Waals surface area contributed by atoms with Gasteiger partial charge in [0, 0.05) is 4.88 Å². The molecule has 2 amide bonds. The van der Waals surface area contributed by atoms with Gasteiger partial charge in [-0.2, -0.15) is 0 Å². The molecule has 0 unspecified atom stereocenters. The van der Waals surface area contributed by atoms with Gasteiger partial charge in [-0.1, -0.05) is 24.3 Å². The van der Waals surface area contributed by atoms with Gasteiger partial charge in [-0.25, -0.2) is 0 Å². The van der Waals surface area contributed by atoms with Crippen molar-refractivity contribution in [3.63, 3.8) is 0 Å². The van der Waals surface area contributed by atoms with Gasteiger partial charge in [0.25, 0.3) is 5.91 Å². The Kier molecular flexibility index (Phi) is 5.68. The third kappa shape index (κ3) is 4.11. The number of hydrogen-bond donors (Lipinski definition) is 3. The van der Waals surface area contributed by atoms with E-state index in [-0.39, 0.29) is 17.4 Å². The van der Waals surface area contributed by atoms with Gasteiger partial charge in [0.2, 0.25) is 5.91 Å². The van der Waals surface area contributed by atoms with Gasteiger partial charge < -0.3 is 16.4 Å². The van der Waals surface area contributed by atoms with Crippen LogP contribution in [0.15, 0.2) is 24.3 Å². The summed E-state index contributed by atoms with van der Waals surface area (Å²) in [6.07, 6.45) is 4.23. The minimum absolute atomic E-state index is 0.185. The number of aryl methyl sites for hydroxylation is 2. The Morgan fingerprint density at radius 3 is 2.69 bits per heavy atom. The number of rotatable bonds is 4. The molecule has 1 aromatic heterocycles. The molecule has 0 fully saturated rings. The fourth-order valence-corrected chi connectivity index (χ4v) is 4.78. The SMILES string of the molecule is Cc1ccccc1CC(=O)NC(=S)Nc1sc2c(c1C(N)=O)CCCC2. The molecule has 0 saturated heterocycles. The number of thiocarbonyl (C=S) groups is 1. The molecule has 0 aliphatic heterocycles. The van der Waals surface area contributed by atoms with E-state index in [1.807, 2.05) is 31.2 Å². The summed E-state index contributed by atoms with van der Waals surface area (Å²) in [5, 5.41) is 6.50. The van der Waals surface area contributed by atoms with Crippen molar-refractivity contribution in [1.29, 1.82) is 0 Å². The molecular weight excluding hydrogens is 366 g/mol. The van der Waals surface area contributed by atoms with Crippen molar-refractivity contribution in [2.75, 3.05) is 5.32 Å². The molecule has 0 bridgehead atoms. The molecule has 26 heavy (non-hydrogen) atoms. The van der Waals surface area contributed by atoms with Crippen molar-refractivity contribution >= 4 is 45.5 Å². The van der Waals surface area contributed by atoms with E-state index < -0.39 is 5.91 Å². The third-order valence-corrected chi connectivity index (χ3v) is 5.92. The van der Waals surface area contributed by atoms with Crippen LogP contribution in [0.2, 0.25) is 0 Å². The first-order valence-electron chi connectivity index (χ1n) is 8.55. The topological polar surface area (TPSA) is 84.2 Å². The Morgan fingerprint density at radius 1 is 1.23 bits per heavy atom. The zero-order valence-corrected chi connectivity index (χ0v) is 16.2. The molecule has 0 spiro atoms. The molecule has 2 aromatic rings. The molecule has 1 aromatic carbocycles. The molecule has 7 heteroatoms. The molecule has 1 aliphatic rings. The molecule has 1 aliphatic carbocycles. The molecular formula is C19H21N3O2S2. The summed E-state index contributed by atoms with van der Waals surface area (Å²) in [5.74, 6) is -0.653. The maximum atomic E-state index is 12.3. The second kappa shape index (κ2) is 7.97. The Bertz CT molecular complexity index is 874. The molecule has 1 heterocycles. The third-order valence-electron chi connectivity index (χ3n) is 4.51. The van der Waals surface area contributed by atoms with Crippen LogP contribution in [0.4, 0.5) is 5.00 Å². The number of benzene rings is 1. The first-order valence-corrected chi connectivity index (χ1v) is 9.78. The van der Waals surface area contributed by atoms with Crippen molar-refractivity contribution in [3.8, 4) is 0 Å². The molecule has 0 radical (unpaired) electrons. The Morgan fingerprint density at radius 2 is 1.96 bits per heavy atom. The number of carbonyl (C=O) groups excluding carboxylic acids is 2. The minimum atomic E-state index is -0.457. The molecule has 4 N–H and O–H groups in total. The van der Waals surface area contributed by atoms with Gasteiger partial charge >= 0.3 is 0 Å². The monoisotopic (exact) mass is 387 g/mol. The first-order chi connectivity index (χ1) is 12.5. The van der Waals surface area contributed by atoms with Crippen LogP contribution in [-0.2, 0) is 24.1 Å². The number of primary amides is 1. The summed E-state index contributed by atoms with van der Waals surface area (Å²) in [7, 11) is 0. The van der Waals surface area contributed by atoms with Gasteiger partial charge in [-0.3, -0.25) is 9.59 Å². The van der Waals surface area contributed by atoms with Crippen molar-refractivity contribution < 1.29 is 9.59 Å². The van der Waals surface area contributed by atoms with Crippen molar-refractivity contribution in [3.05, 3.63) is 51.4 Å². The number of carbonyl (C=O) groups is 2. The standard InChI is InChI=1S/C19H21N3O2S2/c1-11-6-2-3-7-12(11)10-15(23)21-19(25)22-18-16(17(20)24)13-8-4-5-9-14(13)26-18/h2-3,6-7H,4-5,8-10H2,1H3,(H2,20,24)(H2,21,22,23,25). The zero-order chi connectivity index (χ0) is 18.7. The summed E-state index contributed by atoms with van der Waals surface area (Å²) in [5.41, 5.74) is 9.14. The first kappa shape index (κ1) is 18.5. The van der Waals surface area contributed by atoms with Crippen molar-refractivity contribution in [2.45, 2.75) is 39.0 Å². The highest BCUT2D eigenvalue weighted by molar-refractivity contribution is 7.80. The lowest BCUT2D eigenvalue weighted by Crippen LogP contribution is -2.35. The number of thiophene rings is 1. The van der Waals surface area contributed by atoms with Crippen LogP contribution in [0.1, 0.15) is 44.8 Å². The summed E-state index contributed by atoms with van der Waals surface area (Å²) in [6.45, 7) is 1.97. The minimum Gasteiger partial charge on any atom is -0.365 e. The molecule has 0 atom stereocenters. The number of nitrogens with two attached hydrogens (primary N) is 1. The smallest absolute Gasteiger partial charge is 0.251 e. The van der Waals surface area contributed by atoms with Crippen LogP contribution in [0, 0.1) is 6.92 Å². The zero-order valence-electron chi connectivity index (χ0n) is 14.6. The number of amides is 2. The molecule has 5 nitrogen and oxygen atoms in total. The van der Waals surface area contributed by atoms with Crippen LogP contribution in [0.25, 0.3) is 0 Å². The number of hydrogen-bond acceptors (Lipinski definition) is 4. The fourth-order valence-electron chi connectivity index (χ4n) is 3.20. The van der Waals surface area contributed by atoms with Gasteiger partial charge in [0.1, 0.15) is 5.00 Å². The lowest BCUT2D eigenvalue weighted by Gasteiger charge is -2.12. The Hall–Kier alpha value is -2.25. The Labute approximate surface area is 162 Å². The molecule has 3 rings (SSSR count). The van der Waals surface area contributed by atoms with Crippen molar-refractivity contribution in [2.24, 2.45) is 5.73 Å². The summed E-state index contributed by atoms with van der Waals surface area (Å²) in [4.78, 5) is 25.3. The van der Waals surface area contributed by atoms with Crippen LogP contribution < -0.4 is 16.4 Å². The van der Waals surface area contributed by atoms with Gasteiger partial charge in [-0.05, 0) is 61.5 Å². The van der Waals surface area contributed by atoms with Crippen LogP contribution in [0.5, 0.6) is 0 Å². The average Bonchev–Trinajstić information content (AvgIpc) is 2.94. The predicted octanol–water partition coefficient (Wildman–Crippen LogP) is 3.09. The second-order valence-corrected chi connectivity index (χ2v) is 7.90. The summed E-state index contributed by atoms with van der Waals surface area (Å²) >= 11 is 6.76. The normalized spacial score (nSPS) is 13.0. The van der Waals surface area contributed by atoms with Crippen LogP contribution in [0.3, 0.4) is 0 Å². The van der Waals surface area contributed by atoms with E-state index in [0.29, 0.717) is 10.6 Å². The van der Waals surface area contributed by atoms with E-state index in [2.05, 4.69) is 10.6 Å². The maximum absolute atomic E-state index is 12.3. The van der Waals surface area contributed by atoms with Gasteiger partial charge in [-0.15, -0.1) is 11.3 Å². The number of fused-ring (bicyclic) bond motifs is 1. The highest BCUT2D eigenvalue weighted by Gasteiger charge is 2.24.